The maximum atomic E-state index is 13.0. The second-order valence-electron chi connectivity index (χ2n) is 9.83. The van der Waals surface area contributed by atoms with Crippen molar-refractivity contribution in [1.29, 1.82) is 0 Å². The molecule has 2 aliphatic heterocycles. The van der Waals surface area contributed by atoms with Crippen LogP contribution in [-0.4, -0.2) is 66.4 Å². The van der Waals surface area contributed by atoms with Crippen molar-refractivity contribution in [3.05, 3.63) is 28.2 Å². The zero-order valence-corrected chi connectivity index (χ0v) is 20.8. The van der Waals surface area contributed by atoms with Crippen molar-refractivity contribution in [2.45, 2.75) is 64.9 Å². The SMILES string of the molecule is CC1CN(c2ccc(Br)cc2CN2CCC(C(F)(F)F)CC2)CCN1C(=O)OC(C)(C)C. The molecule has 0 aliphatic carbocycles. The van der Waals surface area contributed by atoms with E-state index in [4.69, 9.17) is 4.74 Å². The summed E-state index contributed by atoms with van der Waals surface area (Å²) in [5.41, 5.74) is 1.62. The number of piperidine rings is 1. The van der Waals surface area contributed by atoms with Crippen molar-refractivity contribution in [3.63, 3.8) is 0 Å². The van der Waals surface area contributed by atoms with Crippen LogP contribution in [-0.2, 0) is 11.3 Å². The number of nitrogens with zero attached hydrogens (tertiary/aromatic N) is 3. The van der Waals surface area contributed by atoms with Crippen molar-refractivity contribution in [2.75, 3.05) is 37.6 Å². The third kappa shape index (κ3) is 6.53. The second-order valence-corrected chi connectivity index (χ2v) is 10.7. The Bertz CT molecular complexity index is 805. The van der Waals surface area contributed by atoms with Crippen LogP contribution in [0.15, 0.2) is 22.7 Å². The van der Waals surface area contributed by atoms with Crippen LogP contribution >= 0.6 is 15.9 Å². The van der Waals surface area contributed by atoms with Gasteiger partial charge in [0.25, 0.3) is 0 Å². The van der Waals surface area contributed by atoms with Gasteiger partial charge in [0.05, 0.1) is 5.92 Å². The Morgan fingerprint density at radius 2 is 1.78 bits per heavy atom. The Morgan fingerprint density at radius 1 is 1.12 bits per heavy atom. The number of hydrogen-bond donors (Lipinski definition) is 0. The molecule has 1 amide bonds. The number of likely N-dealkylation sites (tertiary alicyclic amines) is 1. The summed E-state index contributed by atoms with van der Waals surface area (Å²) in [5, 5.41) is 0. The minimum absolute atomic E-state index is 0.0161. The first-order valence-corrected chi connectivity index (χ1v) is 11.9. The molecule has 1 unspecified atom stereocenters. The maximum absolute atomic E-state index is 13.0. The summed E-state index contributed by atoms with van der Waals surface area (Å²) in [5.74, 6) is -1.19. The molecule has 2 fully saturated rings. The van der Waals surface area contributed by atoms with E-state index in [9.17, 15) is 18.0 Å². The van der Waals surface area contributed by atoms with Gasteiger partial charge in [0, 0.05) is 42.4 Å². The van der Waals surface area contributed by atoms with Gasteiger partial charge in [0.2, 0.25) is 0 Å². The van der Waals surface area contributed by atoms with Crippen LogP contribution in [0.4, 0.5) is 23.7 Å². The molecule has 1 aromatic carbocycles. The summed E-state index contributed by atoms with van der Waals surface area (Å²) >= 11 is 3.53. The molecule has 0 N–H and O–H groups in total. The third-order valence-corrected chi connectivity index (χ3v) is 6.58. The highest BCUT2D eigenvalue weighted by molar-refractivity contribution is 9.10. The first-order valence-electron chi connectivity index (χ1n) is 11.2. The zero-order chi connectivity index (χ0) is 23.7. The molecule has 9 heteroatoms. The Balaban J connectivity index is 1.66. The van der Waals surface area contributed by atoms with Crippen molar-refractivity contribution in [3.8, 4) is 0 Å². The number of hydrogen-bond acceptors (Lipinski definition) is 4. The highest BCUT2D eigenvalue weighted by atomic mass is 79.9. The average molecular weight is 520 g/mol. The van der Waals surface area contributed by atoms with Crippen LogP contribution in [0.25, 0.3) is 0 Å². The maximum Gasteiger partial charge on any atom is 0.410 e. The molecule has 0 saturated carbocycles. The van der Waals surface area contributed by atoms with Gasteiger partial charge in [-0.1, -0.05) is 15.9 Å². The van der Waals surface area contributed by atoms with Crippen LogP contribution in [0.2, 0.25) is 0 Å². The van der Waals surface area contributed by atoms with Crippen molar-refractivity contribution < 1.29 is 22.7 Å². The number of rotatable bonds is 3. The van der Waals surface area contributed by atoms with Crippen molar-refractivity contribution in [1.82, 2.24) is 9.80 Å². The molecule has 180 valence electrons. The van der Waals surface area contributed by atoms with E-state index in [1.165, 1.54) is 0 Å². The van der Waals surface area contributed by atoms with Crippen LogP contribution < -0.4 is 4.90 Å². The fourth-order valence-electron chi connectivity index (χ4n) is 4.42. The summed E-state index contributed by atoms with van der Waals surface area (Å²) in [6.45, 7) is 11.0. The second kappa shape index (κ2) is 9.79. The van der Waals surface area contributed by atoms with Crippen molar-refractivity contribution in [2.24, 2.45) is 5.92 Å². The Kier molecular flexibility index (Phi) is 7.70. The summed E-state index contributed by atoms with van der Waals surface area (Å²) in [7, 11) is 0. The quantitative estimate of drug-likeness (QED) is 0.515. The third-order valence-electron chi connectivity index (χ3n) is 6.08. The fraction of sp³-hybridized carbons (Fsp3) is 0.696. The zero-order valence-electron chi connectivity index (χ0n) is 19.2. The smallest absolute Gasteiger partial charge is 0.410 e. The molecular formula is C23H33BrF3N3O2. The van der Waals surface area contributed by atoms with E-state index >= 15 is 0 Å². The molecule has 0 aromatic heterocycles. The van der Waals surface area contributed by atoms with Gasteiger partial charge in [0.1, 0.15) is 5.60 Å². The molecular weight excluding hydrogens is 487 g/mol. The van der Waals surface area contributed by atoms with Gasteiger partial charge < -0.3 is 14.5 Å². The van der Waals surface area contributed by atoms with Gasteiger partial charge in [0.15, 0.2) is 0 Å². The highest BCUT2D eigenvalue weighted by Crippen LogP contribution is 2.35. The van der Waals surface area contributed by atoms with Crippen LogP contribution in [0.5, 0.6) is 0 Å². The Morgan fingerprint density at radius 3 is 2.34 bits per heavy atom. The number of piperazine rings is 1. The molecule has 1 aromatic rings. The lowest BCUT2D eigenvalue weighted by Gasteiger charge is -2.42. The van der Waals surface area contributed by atoms with Crippen LogP contribution in [0.1, 0.15) is 46.1 Å². The number of carbonyl (C=O) groups is 1. The summed E-state index contributed by atoms with van der Waals surface area (Å²) in [6.07, 6.45) is -4.10. The van der Waals surface area contributed by atoms with E-state index in [1.807, 2.05) is 33.8 Å². The average Bonchev–Trinajstić information content (AvgIpc) is 2.66. The molecule has 0 radical (unpaired) electrons. The molecule has 2 heterocycles. The van der Waals surface area contributed by atoms with Gasteiger partial charge in [-0.25, -0.2) is 4.79 Å². The molecule has 3 rings (SSSR count). The molecule has 2 aliphatic rings. The topological polar surface area (TPSA) is 36.0 Å². The Hall–Kier alpha value is -1.48. The number of benzene rings is 1. The summed E-state index contributed by atoms with van der Waals surface area (Å²) in [4.78, 5) is 18.7. The minimum atomic E-state index is -4.10. The highest BCUT2D eigenvalue weighted by Gasteiger charge is 2.41. The standard InChI is InChI=1S/C23H33BrF3N3O2/c1-16-14-29(11-12-30(16)21(31)32-22(2,3)4)20-6-5-19(24)13-17(20)15-28-9-7-18(8-10-28)23(25,26)27/h5-6,13,16,18H,7-12,14-15H2,1-4H3. The lowest BCUT2D eigenvalue weighted by Crippen LogP contribution is -2.55. The first kappa shape index (κ1) is 25.1. The Labute approximate surface area is 197 Å². The summed E-state index contributed by atoms with van der Waals surface area (Å²) in [6, 6.07) is 6.07. The largest absolute Gasteiger partial charge is 0.444 e. The molecule has 2 saturated heterocycles. The number of halogens is 4. The van der Waals surface area contributed by atoms with Gasteiger partial charge in [-0.15, -0.1) is 0 Å². The predicted molar refractivity (Wildman–Crippen MR) is 123 cm³/mol. The van der Waals surface area contributed by atoms with Gasteiger partial charge in [-0.2, -0.15) is 13.2 Å². The van der Waals surface area contributed by atoms with Crippen LogP contribution in [0, 0.1) is 5.92 Å². The van der Waals surface area contributed by atoms with Crippen molar-refractivity contribution >= 4 is 27.7 Å². The number of alkyl halides is 3. The van der Waals surface area contributed by atoms with E-state index in [2.05, 4.69) is 37.9 Å². The van der Waals surface area contributed by atoms with Gasteiger partial charge in [-0.3, -0.25) is 4.90 Å². The monoisotopic (exact) mass is 519 g/mol. The van der Waals surface area contributed by atoms with E-state index in [0.717, 1.165) is 15.7 Å². The first-order chi connectivity index (χ1) is 14.8. The van der Waals surface area contributed by atoms with Gasteiger partial charge >= 0.3 is 12.3 Å². The lowest BCUT2D eigenvalue weighted by molar-refractivity contribution is -0.185. The van der Waals surface area contributed by atoms with E-state index in [1.54, 1.807) is 4.90 Å². The van der Waals surface area contributed by atoms with E-state index in [0.29, 0.717) is 39.3 Å². The van der Waals surface area contributed by atoms with E-state index in [-0.39, 0.29) is 25.0 Å². The number of anilines is 1. The lowest BCUT2D eigenvalue weighted by atomic mass is 9.96. The molecule has 5 nitrogen and oxygen atoms in total. The number of amides is 1. The van der Waals surface area contributed by atoms with Crippen LogP contribution in [0.3, 0.4) is 0 Å². The molecule has 1 atom stereocenters. The molecule has 0 bridgehead atoms. The van der Waals surface area contributed by atoms with Gasteiger partial charge in [-0.05, 0) is 77.4 Å². The normalized spacial score (nSPS) is 21.7. The predicted octanol–water partition coefficient (Wildman–Crippen LogP) is 5.67. The number of carbonyl (C=O) groups excluding carboxylic acids is 1. The fourth-order valence-corrected chi connectivity index (χ4v) is 4.83. The minimum Gasteiger partial charge on any atom is -0.444 e. The summed E-state index contributed by atoms with van der Waals surface area (Å²) < 4.78 is 45.5. The molecule has 32 heavy (non-hydrogen) atoms. The van der Waals surface area contributed by atoms with E-state index < -0.39 is 17.7 Å². The molecule has 0 spiro atoms. The number of ether oxygens (including phenoxy) is 1.